The number of nitrogens with one attached hydrogen (secondary N) is 2. The Morgan fingerprint density at radius 1 is 1.00 bits per heavy atom. The zero-order chi connectivity index (χ0) is 14.4. The van der Waals surface area contributed by atoms with Crippen molar-refractivity contribution in [2.45, 2.75) is 0 Å². The number of hydrogen-bond acceptors (Lipinski definition) is 5. The van der Waals surface area contributed by atoms with Crippen molar-refractivity contribution in [3.63, 3.8) is 0 Å². The molecular weight excluding hydrogens is 260 g/mol. The molecule has 0 aliphatic rings. The first-order chi connectivity index (χ1) is 9.63. The number of H-pyrrole nitrogens is 2. The van der Waals surface area contributed by atoms with E-state index >= 15 is 0 Å². The third-order valence-corrected chi connectivity index (χ3v) is 2.22. The fourth-order valence-corrected chi connectivity index (χ4v) is 1.34. The Morgan fingerprint density at radius 2 is 1.75 bits per heavy atom. The molecule has 2 aromatic heterocycles. The summed E-state index contributed by atoms with van der Waals surface area (Å²) in [7, 11) is 0. The zero-order valence-electron chi connectivity index (χ0n) is 10.2. The first-order valence-electron chi connectivity index (χ1n) is 5.64. The van der Waals surface area contributed by atoms with Crippen LogP contribution in [-0.2, 0) is 4.79 Å². The van der Waals surface area contributed by atoms with Gasteiger partial charge in [-0.2, -0.15) is 0 Å². The van der Waals surface area contributed by atoms with Crippen molar-refractivity contribution in [3.05, 3.63) is 69.0 Å². The second-order valence-electron chi connectivity index (χ2n) is 3.72. The normalized spacial score (nSPS) is 11.2. The van der Waals surface area contributed by atoms with E-state index in [2.05, 4.69) is 19.9 Å². The van der Waals surface area contributed by atoms with Gasteiger partial charge in [-0.05, 0) is 30.4 Å². The smallest absolute Gasteiger partial charge is 0.307 e. The highest BCUT2D eigenvalue weighted by atomic mass is 16.1. The van der Waals surface area contributed by atoms with Gasteiger partial charge in [0.25, 0.3) is 5.56 Å². The van der Waals surface area contributed by atoms with Crippen molar-refractivity contribution in [2.75, 3.05) is 0 Å². The van der Waals surface area contributed by atoms with E-state index < -0.39 is 5.69 Å². The number of aromatic nitrogens is 4. The van der Waals surface area contributed by atoms with Crippen LogP contribution >= 0.6 is 0 Å². The van der Waals surface area contributed by atoms with Crippen LogP contribution in [0.25, 0.3) is 12.2 Å². The maximum absolute atomic E-state index is 11.6. The standard InChI is InChI=1S/C13H10N4O3/c18-10(2-1-9-5-7-15-13(20)16-9)3-4-11-14-8-6-12(19)17-11/h1-8H,(H,14,17,19)(H,15,16,20)/b2-1+,4-3+. The van der Waals surface area contributed by atoms with Crippen LogP contribution < -0.4 is 11.2 Å². The molecule has 0 spiro atoms. The molecule has 0 saturated carbocycles. The molecule has 20 heavy (non-hydrogen) atoms. The average molecular weight is 270 g/mol. The van der Waals surface area contributed by atoms with Gasteiger partial charge in [0.15, 0.2) is 5.78 Å². The first-order valence-corrected chi connectivity index (χ1v) is 5.64. The van der Waals surface area contributed by atoms with Crippen molar-refractivity contribution >= 4 is 17.9 Å². The van der Waals surface area contributed by atoms with Crippen LogP contribution in [0, 0.1) is 0 Å². The molecule has 7 nitrogen and oxygen atoms in total. The molecule has 0 atom stereocenters. The summed E-state index contributed by atoms with van der Waals surface area (Å²) in [5, 5.41) is 0. The van der Waals surface area contributed by atoms with Gasteiger partial charge in [-0.1, -0.05) is 0 Å². The number of ketones is 1. The van der Waals surface area contributed by atoms with Gasteiger partial charge in [0.2, 0.25) is 0 Å². The van der Waals surface area contributed by atoms with Crippen molar-refractivity contribution in [2.24, 2.45) is 0 Å². The number of carbonyl (C=O) groups is 1. The first kappa shape index (κ1) is 13.3. The number of rotatable bonds is 4. The van der Waals surface area contributed by atoms with Crippen LogP contribution in [0.1, 0.15) is 11.5 Å². The Morgan fingerprint density at radius 3 is 2.50 bits per heavy atom. The highest BCUT2D eigenvalue weighted by Gasteiger charge is 1.93. The number of carbonyl (C=O) groups excluding carboxylic acids is 1. The number of nitrogens with zero attached hydrogens (tertiary/aromatic N) is 2. The molecule has 0 amide bonds. The molecule has 0 saturated heterocycles. The minimum atomic E-state index is -0.485. The Kier molecular flexibility index (Phi) is 4.13. The van der Waals surface area contributed by atoms with E-state index in [1.54, 1.807) is 6.07 Å². The second kappa shape index (κ2) is 6.19. The van der Waals surface area contributed by atoms with Crippen LogP contribution in [0.5, 0.6) is 0 Å². The molecule has 7 heteroatoms. The zero-order valence-corrected chi connectivity index (χ0v) is 10.2. The average Bonchev–Trinajstić information content (AvgIpc) is 2.43. The van der Waals surface area contributed by atoms with Gasteiger partial charge in [0, 0.05) is 24.2 Å². The van der Waals surface area contributed by atoms with Crippen LogP contribution in [0.4, 0.5) is 0 Å². The summed E-state index contributed by atoms with van der Waals surface area (Å²) in [6.07, 6.45) is 8.08. The van der Waals surface area contributed by atoms with Crippen molar-refractivity contribution in [1.82, 2.24) is 19.9 Å². The quantitative estimate of drug-likeness (QED) is 0.768. The summed E-state index contributed by atoms with van der Waals surface area (Å²) in [5.74, 6) is -0.0225. The summed E-state index contributed by atoms with van der Waals surface area (Å²) in [4.78, 5) is 45.7. The monoisotopic (exact) mass is 270 g/mol. The van der Waals surface area contributed by atoms with Crippen LogP contribution in [-0.4, -0.2) is 25.7 Å². The molecule has 0 radical (unpaired) electrons. The van der Waals surface area contributed by atoms with Crippen LogP contribution in [0.2, 0.25) is 0 Å². The third kappa shape index (κ3) is 3.98. The summed E-state index contributed by atoms with van der Waals surface area (Å²) in [6.45, 7) is 0. The van der Waals surface area contributed by atoms with Gasteiger partial charge >= 0.3 is 5.69 Å². The molecule has 0 unspecified atom stereocenters. The molecule has 2 heterocycles. The number of allylic oxidation sites excluding steroid dienone is 2. The lowest BCUT2D eigenvalue weighted by molar-refractivity contribution is -0.110. The van der Waals surface area contributed by atoms with E-state index in [0.717, 1.165) is 0 Å². The fourth-order valence-electron chi connectivity index (χ4n) is 1.34. The van der Waals surface area contributed by atoms with Gasteiger partial charge in [-0.25, -0.2) is 14.8 Å². The Hall–Kier alpha value is -3.09. The Bertz CT molecular complexity index is 721. The van der Waals surface area contributed by atoms with Crippen molar-refractivity contribution in [3.8, 4) is 0 Å². The lowest BCUT2D eigenvalue weighted by Crippen LogP contribution is -2.09. The Balaban J connectivity index is 2.06. The van der Waals surface area contributed by atoms with E-state index in [1.165, 1.54) is 42.8 Å². The SMILES string of the molecule is O=C(/C=C/c1ccnc(=O)[nH]1)/C=C/c1nccc(=O)[nH]1. The minimum absolute atomic E-state index is 0.288. The molecule has 2 rings (SSSR count). The van der Waals surface area contributed by atoms with Crippen LogP contribution in [0.3, 0.4) is 0 Å². The summed E-state index contributed by atoms with van der Waals surface area (Å²) in [5.41, 5.74) is -0.309. The van der Waals surface area contributed by atoms with E-state index in [4.69, 9.17) is 0 Å². The molecule has 0 aliphatic carbocycles. The maximum Gasteiger partial charge on any atom is 0.345 e. The topological polar surface area (TPSA) is 109 Å². The highest BCUT2D eigenvalue weighted by molar-refractivity contribution is 6.04. The third-order valence-electron chi connectivity index (χ3n) is 2.22. The molecule has 100 valence electrons. The van der Waals surface area contributed by atoms with Crippen molar-refractivity contribution in [1.29, 1.82) is 0 Å². The second-order valence-corrected chi connectivity index (χ2v) is 3.72. The van der Waals surface area contributed by atoms with Gasteiger partial charge in [-0.3, -0.25) is 9.59 Å². The number of hydrogen-bond donors (Lipinski definition) is 2. The number of aromatic amines is 2. The minimum Gasteiger partial charge on any atom is -0.307 e. The molecule has 0 aromatic carbocycles. The summed E-state index contributed by atoms with van der Waals surface area (Å²) >= 11 is 0. The summed E-state index contributed by atoms with van der Waals surface area (Å²) in [6, 6.07) is 2.84. The molecule has 0 aliphatic heterocycles. The Labute approximate surface area is 112 Å². The van der Waals surface area contributed by atoms with Crippen molar-refractivity contribution < 1.29 is 4.79 Å². The van der Waals surface area contributed by atoms with E-state index in [0.29, 0.717) is 5.69 Å². The lowest BCUT2D eigenvalue weighted by Gasteiger charge is -1.91. The predicted octanol–water partition coefficient (Wildman–Crippen LogP) is 0.149. The van der Waals surface area contributed by atoms with Gasteiger partial charge < -0.3 is 9.97 Å². The van der Waals surface area contributed by atoms with Gasteiger partial charge in [0.05, 0.1) is 0 Å². The van der Waals surface area contributed by atoms with E-state index in [1.807, 2.05) is 0 Å². The van der Waals surface area contributed by atoms with E-state index in [-0.39, 0.29) is 17.2 Å². The largest absolute Gasteiger partial charge is 0.345 e. The summed E-state index contributed by atoms with van der Waals surface area (Å²) < 4.78 is 0. The predicted molar refractivity (Wildman–Crippen MR) is 72.8 cm³/mol. The van der Waals surface area contributed by atoms with Gasteiger partial charge in [0.1, 0.15) is 5.82 Å². The lowest BCUT2D eigenvalue weighted by atomic mass is 10.3. The molecule has 2 N–H and O–H groups in total. The fraction of sp³-hybridized carbons (Fsp3) is 0. The highest BCUT2D eigenvalue weighted by Crippen LogP contribution is 1.95. The molecule has 2 aromatic rings. The van der Waals surface area contributed by atoms with Crippen LogP contribution in [0.15, 0.2) is 46.3 Å². The molecule has 0 bridgehead atoms. The van der Waals surface area contributed by atoms with Gasteiger partial charge in [-0.15, -0.1) is 0 Å². The van der Waals surface area contributed by atoms with E-state index in [9.17, 15) is 14.4 Å². The molecule has 0 fully saturated rings. The molecular formula is C13H10N4O3. The maximum atomic E-state index is 11.6.